The molecule has 0 amide bonds. The van der Waals surface area contributed by atoms with E-state index in [1.807, 2.05) is 25.1 Å². The Bertz CT molecular complexity index is 1160. The van der Waals surface area contributed by atoms with Crippen LogP contribution in [0.1, 0.15) is 103 Å². The lowest BCUT2D eigenvalue weighted by molar-refractivity contribution is -0.156. The minimum Gasteiger partial charge on any atom is -0.457 e. The summed E-state index contributed by atoms with van der Waals surface area (Å²) >= 11 is 1.55. The molecule has 0 fully saturated rings. The van der Waals surface area contributed by atoms with Gasteiger partial charge < -0.3 is 20.7 Å². The van der Waals surface area contributed by atoms with E-state index in [1.54, 1.807) is 25.2 Å². The Kier molecular flexibility index (Phi) is 11.2. The molecule has 8 heteroatoms. The van der Waals surface area contributed by atoms with Crippen LogP contribution in [0.3, 0.4) is 0 Å². The summed E-state index contributed by atoms with van der Waals surface area (Å²) in [6.45, 7) is 9.83. The molecule has 5 atom stereocenters. The zero-order valence-electron chi connectivity index (χ0n) is 24.1. The van der Waals surface area contributed by atoms with E-state index in [9.17, 15) is 19.8 Å². The summed E-state index contributed by atoms with van der Waals surface area (Å²) in [7, 11) is 0. The lowest BCUT2D eigenvalue weighted by Gasteiger charge is -2.36. The van der Waals surface area contributed by atoms with Crippen molar-refractivity contribution in [3.05, 3.63) is 40.4 Å². The summed E-state index contributed by atoms with van der Waals surface area (Å²) in [5.41, 5.74) is 7.40. The Morgan fingerprint density at radius 1 is 1.23 bits per heavy atom. The molecular weight excluding hydrogens is 512 g/mol. The summed E-state index contributed by atoms with van der Waals surface area (Å²) in [6, 6.07) is 5.87. The predicted molar refractivity (Wildman–Crippen MR) is 156 cm³/mol. The summed E-state index contributed by atoms with van der Waals surface area (Å²) in [5, 5.41) is 23.2. The number of benzene rings is 1. The van der Waals surface area contributed by atoms with Gasteiger partial charge in [-0.2, -0.15) is 0 Å². The second-order valence-corrected chi connectivity index (χ2v) is 12.8. The SMILES string of the molecule is CCCC[C@H]1C(=O)C(C)(C)[C@@H](O)CC(=O)O[C@H](c2ccc3sc(CN)nc3c2)CC=C(C)CCC[C@H](C)[C@@H]1O. The molecule has 39 heavy (non-hydrogen) atoms. The number of aromatic nitrogens is 1. The number of ketones is 1. The number of ether oxygens (including phenoxy) is 1. The molecular formula is C31H46N2O5S. The number of allylic oxidation sites excluding steroid dienone is 1. The van der Waals surface area contributed by atoms with E-state index in [-0.39, 0.29) is 18.1 Å². The van der Waals surface area contributed by atoms with Crippen molar-refractivity contribution in [2.45, 2.75) is 111 Å². The lowest BCUT2D eigenvalue weighted by atomic mass is 9.71. The largest absolute Gasteiger partial charge is 0.457 e. The smallest absolute Gasteiger partial charge is 0.309 e. The molecule has 0 bridgehead atoms. The monoisotopic (exact) mass is 558 g/mol. The van der Waals surface area contributed by atoms with Crippen LogP contribution in [0, 0.1) is 17.3 Å². The lowest BCUT2D eigenvalue weighted by Crippen LogP contribution is -2.46. The van der Waals surface area contributed by atoms with Crippen molar-refractivity contribution < 1.29 is 24.5 Å². The van der Waals surface area contributed by atoms with Gasteiger partial charge in [0.1, 0.15) is 16.9 Å². The Morgan fingerprint density at radius 3 is 2.67 bits per heavy atom. The minimum absolute atomic E-state index is 0.0505. The average Bonchev–Trinajstić information content (AvgIpc) is 3.32. The van der Waals surface area contributed by atoms with Crippen LogP contribution in [-0.4, -0.2) is 39.2 Å². The molecule has 0 radical (unpaired) electrons. The number of hydrogen-bond acceptors (Lipinski definition) is 8. The van der Waals surface area contributed by atoms with Crippen LogP contribution in [0.4, 0.5) is 0 Å². The number of nitrogens with zero attached hydrogens (tertiary/aromatic N) is 1. The normalized spacial score (nSPS) is 27.8. The van der Waals surface area contributed by atoms with E-state index in [4.69, 9.17) is 10.5 Å². The van der Waals surface area contributed by atoms with Crippen molar-refractivity contribution in [2.24, 2.45) is 23.0 Å². The number of rotatable bonds is 5. The van der Waals surface area contributed by atoms with Gasteiger partial charge in [0.2, 0.25) is 0 Å². The molecule has 0 saturated heterocycles. The van der Waals surface area contributed by atoms with Crippen molar-refractivity contribution in [1.82, 2.24) is 4.98 Å². The van der Waals surface area contributed by atoms with Crippen LogP contribution in [0.25, 0.3) is 10.2 Å². The number of fused-ring (bicyclic) bond motifs is 1. The fourth-order valence-electron chi connectivity index (χ4n) is 5.36. The van der Waals surface area contributed by atoms with E-state index in [1.165, 1.54) is 5.57 Å². The van der Waals surface area contributed by atoms with Crippen LogP contribution < -0.4 is 5.73 Å². The van der Waals surface area contributed by atoms with Crippen molar-refractivity contribution >= 4 is 33.3 Å². The number of nitrogens with two attached hydrogens (primary N) is 1. The van der Waals surface area contributed by atoms with E-state index >= 15 is 0 Å². The highest BCUT2D eigenvalue weighted by molar-refractivity contribution is 7.18. The predicted octanol–water partition coefficient (Wildman–Crippen LogP) is 6.01. The number of thiazole rings is 1. The number of cyclic esters (lactones) is 1. The summed E-state index contributed by atoms with van der Waals surface area (Å²) < 4.78 is 6.97. The highest BCUT2D eigenvalue weighted by atomic mass is 32.1. The third-order valence-electron chi connectivity index (χ3n) is 8.22. The second kappa shape index (κ2) is 14.0. The average molecular weight is 559 g/mol. The van der Waals surface area contributed by atoms with Crippen LogP contribution in [0.5, 0.6) is 0 Å². The molecule has 1 aromatic carbocycles. The molecule has 0 spiro atoms. The van der Waals surface area contributed by atoms with Gasteiger partial charge in [0.05, 0.1) is 34.3 Å². The van der Waals surface area contributed by atoms with Gasteiger partial charge in [-0.3, -0.25) is 9.59 Å². The molecule has 1 aromatic heterocycles. The molecule has 7 nitrogen and oxygen atoms in total. The molecule has 1 aliphatic heterocycles. The quantitative estimate of drug-likeness (QED) is 0.303. The Balaban J connectivity index is 1.92. The van der Waals surface area contributed by atoms with Crippen molar-refractivity contribution in [1.29, 1.82) is 0 Å². The van der Waals surface area contributed by atoms with Gasteiger partial charge in [-0.15, -0.1) is 11.3 Å². The highest BCUT2D eigenvalue weighted by Gasteiger charge is 2.43. The number of unbranched alkanes of at least 4 members (excludes halogenated alkanes) is 1. The maximum Gasteiger partial charge on any atom is 0.309 e. The number of esters is 1. The highest BCUT2D eigenvalue weighted by Crippen LogP contribution is 2.36. The van der Waals surface area contributed by atoms with Crippen molar-refractivity contribution in [3.63, 3.8) is 0 Å². The van der Waals surface area contributed by atoms with Crippen LogP contribution in [0.15, 0.2) is 29.8 Å². The third-order valence-corrected chi connectivity index (χ3v) is 9.27. The first-order valence-electron chi connectivity index (χ1n) is 14.3. The second-order valence-electron chi connectivity index (χ2n) is 11.7. The topological polar surface area (TPSA) is 123 Å². The van der Waals surface area contributed by atoms with Gasteiger partial charge in [-0.05, 0) is 56.2 Å². The van der Waals surface area contributed by atoms with E-state index in [0.29, 0.717) is 19.4 Å². The van der Waals surface area contributed by atoms with Crippen LogP contribution >= 0.6 is 11.3 Å². The maximum absolute atomic E-state index is 13.7. The number of aliphatic hydroxyl groups excluding tert-OH is 2. The number of aliphatic hydroxyl groups is 2. The minimum atomic E-state index is -1.23. The molecule has 1 aliphatic rings. The molecule has 4 N–H and O–H groups in total. The first-order valence-corrected chi connectivity index (χ1v) is 15.1. The molecule has 2 heterocycles. The first-order chi connectivity index (χ1) is 18.5. The molecule has 2 aromatic rings. The van der Waals surface area contributed by atoms with E-state index in [2.05, 4.69) is 24.9 Å². The summed E-state index contributed by atoms with van der Waals surface area (Å²) in [6.07, 6.45) is 4.56. The van der Waals surface area contributed by atoms with Crippen LogP contribution in [-0.2, 0) is 20.9 Å². The van der Waals surface area contributed by atoms with Gasteiger partial charge >= 0.3 is 5.97 Å². The van der Waals surface area contributed by atoms with Gasteiger partial charge in [0.15, 0.2) is 0 Å². The molecule has 3 rings (SSSR count). The van der Waals surface area contributed by atoms with Crippen molar-refractivity contribution in [2.75, 3.05) is 0 Å². The van der Waals surface area contributed by atoms with E-state index in [0.717, 1.165) is 52.9 Å². The number of carbonyl (C=O) groups excluding carboxylic acids is 2. The number of carbonyl (C=O) groups is 2. The Hall–Kier alpha value is -2.13. The van der Waals surface area contributed by atoms with Gasteiger partial charge in [-0.1, -0.05) is 58.3 Å². The fraction of sp³-hybridized carbons (Fsp3) is 0.645. The zero-order chi connectivity index (χ0) is 28.7. The standard InChI is InChI=1S/C31H46N2O5S/c1-6-7-11-22-29(36)20(3)10-8-9-19(2)12-14-24(38-28(35)17-26(34)31(4,5)30(22)37)21-13-15-25-23(16-21)33-27(18-32)39-25/h12-13,15-16,20,22,24,26,29,34,36H,6-11,14,17-18,32H2,1-5H3/t20-,22+,24-,26-,29-/m0/s1. The summed E-state index contributed by atoms with van der Waals surface area (Å²) in [4.78, 5) is 31.5. The molecule has 0 aliphatic carbocycles. The maximum atomic E-state index is 13.7. The first kappa shape index (κ1) is 31.4. The number of Topliss-reactive ketones (excluding diaryl/α,β-unsaturated/α-hetero) is 1. The van der Waals surface area contributed by atoms with Crippen molar-refractivity contribution in [3.8, 4) is 0 Å². The third kappa shape index (κ3) is 7.97. The summed E-state index contributed by atoms with van der Waals surface area (Å²) in [5.74, 6) is -1.39. The zero-order valence-corrected chi connectivity index (χ0v) is 24.9. The Labute approximate surface area is 236 Å². The molecule has 0 saturated carbocycles. The van der Waals surface area contributed by atoms with Gasteiger partial charge in [-0.25, -0.2) is 4.98 Å². The Morgan fingerprint density at radius 2 is 1.97 bits per heavy atom. The van der Waals surface area contributed by atoms with E-state index < -0.39 is 35.6 Å². The van der Waals surface area contributed by atoms with Gasteiger partial charge in [0, 0.05) is 18.9 Å². The fourth-order valence-corrected chi connectivity index (χ4v) is 6.18. The molecule has 216 valence electrons. The molecule has 0 unspecified atom stereocenters. The number of hydrogen-bond donors (Lipinski definition) is 3. The van der Waals surface area contributed by atoms with Crippen LogP contribution in [0.2, 0.25) is 0 Å². The van der Waals surface area contributed by atoms with Gasteiger partial charge in [0.25, 0.3) is 0 Å².